The first-order valence-corrected chi connectivity index (χ1v) is 8.48. The minimum absolute atomic E-state index is 0.00361. The summed E-state index contributed by atoms with van der Waals surface area (Å²) in [5.41, 5.74) is 0.827. The van der Waals surface area contributed by atoms with E-state index in [9.17, 15) is 13.5 Å². The quantitative estimate of drug-likeness (QED) is 0.846. The maximum Gasteiger partial charge on any atom is 0.263 e. The van der Waals surface area contributed by atoms with Crippen LogP contribution in [0.1, 0.15) is 12.5 Å². The molecule has 0 fully saturated rings. The lowest BCUT2D eigenvalue weighted by atomic mass is 10.2. The summed E-state index contributed by atoms with van der Waals surface area (Å²) in [6.45, 7) is 2.03. The lowest BCUT2D eigenvalue weighted by Gasteiger charge is -2.13. The molecule has 22 heavy (non-hydrogen) atoms. The van der Waals surface area contributed by atoms with Crippen molar-refractivity contribution in [1.82, 2.24) is 0 Å². The molecular formula is C15H16ClNO4S. The van der Waals surface area contributed by atoms with Crippen LogP contribution in [0.15, 0.2) is 47.4 Å². The molecular weight excluding hydrogens is 326 g/mol. The highest BCUT2D eigenvalue weighted by Crippen LogP contribution is 2.27. The van der Waals surface area contributed by atoms with Gasteiger partial charge in [0.25, 0.3) is 10.0 Å². The zero-order valence-electron chi connectivity index (χ0n) is 11.9. The van der Waals surface area contributed by atoms with E-state index in [4.69, 9.17) is 16.3 Å². The van der Waals surface area contributed by atoms with Gasteiger partial charge in [0.2, 0.25) is 0 Å². The molecule has 0 aliphatic heterocycles. The number of aliphatic hydroxyl groups excluding tert-OH is 1. The van der Waals surface area contributed by atoms with Crippen LogP contribution in [-0.2, 0) is 16.6 Å². The zero-order valence-corrected chi connectivity index (χ0v) is 13.5. The monoisotopic (exact) mass is 341 g/mol. The Hall–Kier alpha value is -1.76. The molecule has 0 bridgehead atoms. The van der Waals surface area contributed by atoms with Crippen LogP contribution in [0.3, 0.4) is 0 Å². The normalized spacial score (nSPS) is 11.2. The number of hydrogen-bond acceptors (Lipinski definition) is 4. The highest BCUT2D eigenvalue weighted by molar-refractivity contribution is 7.92. The molecule has 0 spiro atoms. The first-order chi connectivity index (χ1) is 10.5. The van der Waals surface area contributed by atoms with E-state index in [0.717, 1.165) is 0 Å². The summed E-state index contributed by atoms with van der Waals surface area (Å²) in [5, 5.41) is 9.49. The van der Waals surface area contributed by atoms with Crippen LogP contribution < -0.4 is 9.46 Å². The van der Waals surface area contributed by atoms with Gasteiger partial charge in [0, 0.05) is 11.3 Å². The van der Waals surface area contributed by atoms with Crippen LogP contribution in [0.5, 0.6) is 5.75 Å². The van der Waals surface area contributed by atoms with Gasteiger partial charge in [0.1, 0.15) is 10.6 Å². The second-order valence-electron chi connectivity index (χ2n) is 4.45. The van der Waals surface area contributed by atoms with E-state index >= 15 is 0 Å². The van der Waals surface area contributed by atoms with E-state index < -0.39 is 10.0 Å². The molecule has 0 aliphatic rings. The van der Waals surface area contributed by atoms with Crippen LogP contribution in [0.4, 0.5) is 5.69 Å². The van der Waals surface area contributed by atoms with E-state index in [1.807, 2.05) is 6.92 Å². The van der Waals surface area contributed by atoms with Crippen LogP contribution in [0, 0.1) is 0 Å². The van der Waals surface area contributed by atoms with Gasteiger partial charge in [-0.1, -0.05) is 23.7 Å². The minimum atomic E-state index is -3.80. The molecule has 2 N–H and O–H groups in total. The average Bonchev–Trinajstić information content (AvgIpc) is 2.49. The lowest BCUT2D eigenvalue weighted by molar-refractivity contribution is 0.267. The highest BCUT2D eigenvalue weighted by Gasteiger charge is 2.18. The maximum absolute atomic E-state index is 12.3. The third-order valence-corrected chi connectivity index (χ3v) is 4.79. The average molecular weight is 342 g/mol. The lowest BCUT2D eigenvalue weighted by Crippen LogP contribution is -2.13. The molecule has 2 aromatic carbocycles. The van der Waals surface area contributed by atoms with Crippen LogP contribution in [-0.4, -0.2) is 20.1 Å². The Morgan fingerprint density at radius 2 is 1.95 bits per heavy atom. The molecule has 0 saturated carbocycles. The molecule has 5 nitrogen and oxygen atoms in total. The van der Waals surface area contributed by atoms with Crippen molar-refractivity contribution in [3.63, 3.8) is 0 Å². The summed E-state index contributed by atoms with van der Waals surface area (Å²) in [6, 6.07) is 10.9. The van der Waals surface area contributed by atoms with Crippen molar-refractivity contribution in [2.75, 3.05) is 11.3 Å². The maximum atomic E-state index is 12.3. The summed E-state index contributed by atoms with van der Waals surface area (Å²) in [6.07, 6.45) is 0. The third-order valence-electron chi connectivity index (χ3n) is 2.91. The Morgan fingerprint density at radius 1 is 1.23 bits per heavy atom. The van der Waals surface area contributed by atoms with Crippen LogP contribution >= 0.6 is 11.6 Å². The number of sulfonamides is 1. The SMILES string of the molecule is CCOc1ccc(NS(=O)(=O)c2ccccc2Cl)cc1CO. The smallest absolute Gasteiger partial charge is 0.263 e. The second kappa shape index (κ2) is 7.00. The van der Waals surface area contributed by atoms with Crippen molar-refractivity contribution in [2.45, 2.75) is 18.4 Å². The van der Waals surface area contributed by atoms with E-state index in [2.05, 4.69) is 4.72 Å². The first kappa shape index (κ1) is 16.6. The Labute approximate surface area is 134 Å². The predicted molar refractivity (Wildman–Crippen MR) is 85.8 cm³/mol. The first-order valence-electron chi connectivity index (χ1n) is 6.62. The van der Waals surface area contributed by atoms with Gasteiger partial charge in [-0.25, -0.2) is 8.42 Å². The fourth-order valence-electron chi connectivity index (χ4n) is 1.94. The molecule has 7 heteroatoms. The Bertz CT molecular complexity index is 762. The summed E-state index contributed by atoms with van der Waals surface area (Å²) in [4.78, 5) is -0.00361. The summed E-state index contributed by atoms with van der Waals surface area (Å²) in [5.74, 6) is 0.519. The molecule has 118 valence electrons. The van der Waals surface area contributed by atoms with Gasteiger partial charge in [-0.3, -0.25) is 4.72 Å². The van der Waals surface area contributed by atoms with E-state index in [1.54, 1.807) is 24.3 Å². The molecule has 0 radical (unpaired) electrons. The molecule has 0 unspecified atom stereocenters. The molecule has 0 aromatic heterocycles. The van der Waals surface area contributed by atoms with Gasteiger partial charge in [0.05, 0.1) is 18.2 Å². The van der Waals surface area contributed by atoms with Gasteiger partial charge in [0.15, 0.2) is 0 Å². The molecule has 2 aromatic rings. The largest absolute Gasteiger partial charge is 0.494 e. The van der Waals surface area contributed by atoms with Crippen molar-refractivity contribution in [3.8, 4) is 5.75 Å². The van der Waals surface area contributed by atoms with Crippen molar-refractivity contribution in [1.29, 1.82) is 0 Å². The zero-order chi connectivity index (χ0) is 16.2. The summed E-state index contributed by atoms with van der Waals surface area (Å²) < 4.78 is 32.5. The van der Waals surface area contributed by atoms with Crippen molar-refractivity contribution < 1.29 is 18.3 Å². The minimum Gasteiger partial charge on any atom is -0.494 e. The second-order valence-corrected chi connectivity index (χ2v) is 6.51. The van der Waals surface area contributed by atoms with Gasteiger partial charge in [-0.05, 0) is 37.3 Å². The number of hydrogen-bond donors (Lipinski definition) is 2. The van der Waals surface area contributed by atoms with Crippen molar-refractivity contribution in [3.05, 3.63) is 53.1 Å². The topological polar surface area (TPSA) is 75.6 Å². The fraction of sp³-hybridized carbons (Fsp3) is 0.200. The molecule has 0 amide bonds. The van der Waals surface area contributed by atoms with Crippen molar-refractivity contribution >= 4 is 27.3 Å². The summed E-state index contributed by atoms with van der Waals surface area (Å²) in [7, 11) is -3.80. The fourth-order valence-corrected chi connectivity index (χ4v) is 3.51. The number of aliphatic hydroxyl groups is 1. The number of benzene rings is 2. The number of halogens is 1. The molecule has 0 saturated heterocycles. The van der Waals surface area contributed by atoms with Crippen LogP contribution in [0.25, 0.3) is 0 Å². The Balaban J connectivity index is 2.32. The van der Waals surface area contributed by atoms with Crippen LogP contribution in [0.2, 0.25) is 5.02 Å². The van der Waals surface area contributed by atoms with Gasteiger partial charge in [-0.15, -0.1) is 0 Å². The van der Waals surface area contributed by atoms with Gasteiger partial charge in [-0.2, -0.15) is 0 Å². The summed E-state index contributed by atoms with van der Waals surface area (Å²) >= 11 is 5.92. The van der Waals surface area contributed by atoms with E-state index in [1.165, 1.54) is 18.2 Å². The Morgan fingerprint density at radius 3 is 2.59 bits per heavy atom. The molecule has 0 atom stereocenters. The van der Waals surface area contributed by atoms with E-state index in [0.29, 0.717) is 23.6 Å². The number of ether oxygens (including phenoxy) is 1. The number of rotatable bonds is 6. The molecule has 2 rings (SSSR count). The molecule has 0 heterocycles. The van der Waals surface area contributed by atoms with Gasteiger partial charge < -0.3 is 9.84 Å². The number of nitrogens with one attached hydrogen (secondary N) is 1. The highest BCUT2D eigenvalue weighted by atomic mass is 35.5. The third kappa shape index (κ3) is 3.71. The van der Waals surface area contributed by atoms with Crippen molar-refractivity contribution in [2.24, 2.45) is 0 Å². The Kier molecular flexibility index (Phi) is 5.28. The van der Waals surface area contributed by atoms with Gasteiger partial charge >= 0.3 is 0 Å². The molecule has 0 aliphatic carbocycles. The number of anilines is 1. The van der Waals surface area contributed by atoms with E-state index in [-0.39, 0.29) is 16.5 Å². The standard InChI is InChI=1S/C15H16ClNO4S/c1-2-21-14-8-7-12(9-11(14)10-18)17-22(19,20)15-6-4-3-5-13(15)16/h3-9,17-18H,2,10H2,1H3. The predicted octanol–water partition coefficient (Wildman–Crippen LogP) is 3.03.